The maximum atomic E-state index is 9.12. The summed E-state index contributed by atoms with van der Waals surface area (Å²) in [7, 11) is 1.50. The molecule has 1 atom stereocenters. The highest BCUT2D eigenvalue weighted by Crippen LogP contribution is 2.32. The van der Waals surface area contributed by atoms with E-state index in [9.17, 15) is 0 Å². The van der Waals surface area contributed by atoms with Gasteiger partial charge in [-0.1, -0.05) is 6.07 Å². The minimum atomic E-state index is -0.922. The van der Waals surface area contributed by atoms with Crippen molar-refractivity contribution >= 4 is 5.69 Å². The van der Waals surface area contributed by atoms with Crippen LogP contribution in [-0.4, -0.2) is 36.6 Å². The predicted octanol–water partition coefficient (Wildman–Crippen LogP) is 0.00940. The first kappa shape index (κ1) is 11.6. The molecule has 0 radical (unpaired) electrons. The van der Waals surface area contributed by atoms with Crippen LogP contribution in [0.1, 0.15) is 0 Å². The van der Waals surface area contributed by atoms with Gasteiger partial charge in [0.2, 0.25) is 0 Å². The highest BCUT2D eigenvalue weighted by molar-refractivity contribution is 5.60. The molecule has 15 heavy (non-hydrogen) atoms. The Labute approximate surface area is 88.0 Å². The number of rotatable bonds is 5. The SMILES string of the molecule is COc1cccc(N)c1OCC(O)CO. The average molecular weight is 213 g/mol. The predicted molar refractivity (Wildman–Crippen MR) is 56.0 cm³/mol. The second-order valence-electron chi connectivity index (χ2n) is 3.03. The van der Waals surface area contributed by atoms with E-state index in [4.69, 9.17) is 25.4 Å². The van der Waals surface area contributed by atoms with Crippen molar-refractivity contribution in [1.82, 2.24) is 0 Å². The molecule has 0 aliphatic heterocycles. The Balaban J connectivity index is 2.74. The van der Waals surface area contributed by atoms with Crippen LogP contribution in [0.5, 0.6) is 11.5 Å². The Bertz CT molecular complexity index is 316. The lowest BCUT2D eigenvalue weighted by Gasteiger charge is -2.14. The van der Waals surface area contributed by atoms with Gasteiger partial charge in [-0.2, -0.15) is 0 Å². The van der Waals surface area contributed by atoms with Gasteiger partial charge in [-0.3, -0.25) is 0 Å². The zero-order chi connectivity index (χ0) is 11.3. The molecule has 0 aromatic heterocycles. The van der Waals surface area contributed by atoms with Crippen LogP contribution < -0.4 is 15.2 Å². The van der Waals surface area contributed by atoms with Crippen molar-refractivity contribution in [3.63, 3.8) is 0 Å². The van der Waals surface area contributed by atoms with E-state index in [1.165, 1.54) is 7.11 Å². The monoisotopic (exact) mass is 213 g/mol. The van der Waals surface area contributed by atoms with Crippen molar-refractivity contribution in [3.05, 3.63) is 18.2 Å². The van der Waals surface area contributed by atoms with E-state index in [-0.39, 0.29) is 13.2 Å². The second-order valence-corrected chi connectivity index (χ2v) is 3.03. The van der Waals surface area contributed by atoms with E-state index in [1.54, 1.807) is 18.2 Å². The molecule has 0 aliphatic carbocycles. The van der Waals surface area contributed by atoms with Gasteiger partial charge in [-0.25, -0.2) is 0 Å². The summed E-state index contributed by atoms with van der Waals surface area (Å²) in [4.78, 5) is 0. The molecule has 84 valence electrons. The number of ether oxygens (including phenoxy) is 2. The number of hydrogen-bond acceptors (Lipinski definition) is 5. The summed E-state index contributed by atoms with van der Waals surface area (Å²) in [5, 5.41) is 17.7. The molecule has 5 heteroatoms. The molecular formula is C10H15NO4. The standard InChI is InChI=1S/C10H15NO4/c1-14-9-4-2-3-8(11)10(9)15-6-7(13)5-12/h2-4,7,12-13H,5-6,11H2,1H3. The maximum Gasteiger partial charge on any atom is 0.184 e. The van der Waals surface area contributed by atoms with Crippen LogP contribution in [0.2, 0.25) is 0 Å². The molecule has 1 rings (SSSR count). The summed E-state index contributed by atoms with van der Waals surface area (Å²) < 4.78 is 10.3. The van der Waals surface area contributed by atoms with Crippen molar-refractivity contribution < 1.29 is 19.7 Å². The normalized spacial score (nSPS) is 12.2. The van der Waals surface area contributed by atoms with Gasteiger partial charge in [-0.05, 0) is 12.1 Å². The first-order valence-electron chi connectivity index (χ1n) is 4.53. The Hall–Kier alpha value is -1.46. The number of nitrogen functional groups attached to an aromatic ring is 1. The Morgan fingerprint density at radius 1 is 1.47 bits per heavy atom. The third kappa shape index (κ3) is 3.00. The summed E-state index contributed by atoms with van der Waals surface area (Å²) in [6.45, 7) is -0.379. The van der Waals surface area contributed by atoms with Crippen LogP contribution in [0.3, 0.4) is 0 Å². The molecule has 0 bridgehead atoms. The minimum Gasteiger partial charge on any atom is -0.493 e. The third-order valence-corrected chi connectivity index (χ3v) is 1.86. The fraction of sp³-hybridized carbons (Fsp3) is 0.400. The lowest BCUT2D eigenvalue weighted by molar-refractivity contribution is 0.0530. The summed E-state index contributed by atoms with van der Waals surface area (Å²) >= 11 is 0. The van der Waals surface area contributed by atoms with E-state index in [1.807, 2.05) is 0 Å². The van der Waals surface area contributed by atoms with Crippen LogP contribution >= 0.6 is 0 Å². The Morgan fingerprint density at radius 3 is 2.80 bits per heavy atom. The van der Waals surface area contributed by atoms with Crippen molar-refractivity contribution in [2.24, 2.45) is 0 Å². The van der Waals surface area contributed by atoms with E-state index in [0.717, 1.165) is 0 Å². The molecule has 0 aliphatic rings. The van der Waals surface area contributed by atoms with Gasteiger partial charge >= 0.3 is 0 Å². The largest absolute Gasteiger partial charge is 0.493 e. The molecule has 0 spiro atoms. The lowest BCUT2D eigenvalue weighted by atomic mass is 10.2. The third-order valence-electron chi connectivity index (χ3n) is 1.86. The summed E-state index contributed by atoms with van der Waals surface area (Å²) in [6.07, 6.45) is -0.922. The van der Waals surface area contributed by atoms with Crippen LogP contribution in [0.4, 0.5) is 5.69 Å². The number of aliphatic hydroxyl groups is 2. The quantitative estimate of drug-likeness (QED) is 0.600. The summed E-state index contributed by atoms with van der Waals surface area (Å²) in [6, 6.07) is 5.11. The highest BCUT2D eigenvalue weighted by Gasteiger charge is 2.10. The van der Waals surface area contributed by atoms with Crippen LogP contribution in [0.15, 0.2) is 18.2 Å². The number of hydrogen-bond donors (Lipinski definition) is 3. The molecule has 1 unspecified atom stereocenters. The first-order valence-corrected chi connectivity index (χ1v) is 4.53. The smallest absolute Gasteiger partial charge is 0.184 e. The van der Waals surface area contributed by atoms with Crippen molar-refractivity contribution in [3.8, 4) is 11.5 Å². The molecule has 0 fully saturated rings. The van der Waals surface area contributed by atoms with Gasteiger partial charge in [0.05, 0.1) is 19.4 Å². The average Bonchev–Trinajstić information content (AvgIpc) is 2.26. The number of methoxy groups -OCH3 is 1. The fourth-order valence-corrected chi connectivity index (χ4v) is 1.08. The van der Waals surface area contributed by atoms with Crippen molar-refractivity contribution in [1.29, 1.82) is 0 Å². The van der Waals surface area contributed by atoms with Gasteiger partial charge in [0.1, 0.15) is 12.7 Å². The number of nitrogens with two attached hydrogens (primary N) is 1. The molecule has 0 heterocycles. The van der Waals surface area contributed by atoms with Crippen molar-refractivity contribution in [2.75, 3.05) is 26.1 Å². The zero-order valence-electron chi connectivity index (χ0n) is 8.51. The Morgan fingerprint density at radius 2 is 2.20 bits per heavy atom. The molecule has 1 aromatic rings. The van der Waals surface area contributed by atoms with Crippen LogP contribution in [0.25, 0.3) is 0 Å². The first-order chi connectivity index (χ1) is 7.19. The van der Waals surface area contributed by atoms with Crippen molar-refractivity contribution in [2.45, 2.75) is 6.10 Å². The number of anilines is 1. The summed E-state index contributed by atoms with van der Waals surface area (Å²) in [5.41, 5.74) is 6.11. The molecule has 4 N–H and O–H groups in total. The van der Waals surface area contributed by atoms with Crippen LogP contribution in [-0.2, 0) is 0 Å². The molecule has 0 saturated carbocycles. The number of para-hydroxylation sites is 1. The van der Waals surface area contributed by atoms with E-state index in [2.05, 4.69) is 0 Å². The summed E-state index contributed by atoms with van der Waals surface area (Å²) in [5.74, 6) is 0.882. The van der Waals surface area contributed by atoms with Gasteiger partial charge in [0.25, 0.3) is 0 Å². The molecule has 0 saturated heterocycles. The van der Waals surface area contributed by atoms with E-state index < -0.39 is 6.10 Å². The molecular weight excluding hydrogens is 198 g/mol. The molecule has 0 amide bonds. The second kappa shape index (κ2) is 5.43. The van der Waals surface area contributed by atoms with Gasteiger partial charge in [0, 0.05) is 0 Å². The molecule has 5 nitrogen and oxygen atoms in total. The number of benzene rings is 1. The highest BCUT2D eigenvalue weighted by atomic mass is 16.5. The Kier molecular flexibility index (Phi) is 4.20. The maximum absolute atomic E-state index is 9.12. The van der Waals surface area contributed by atoms with Gasteiger partial charge < -0.3 is 25.4 Å². The van der Waals surface area contributed by atoms with Gasteiger partial charge in [0.15, 0.2) is 11.5 Å². The zero-order valence-corrected chi connectivity index (χ0v) is 8.51. The lowest BCUT2D eigenvalue weighted by Crippen LogP contribution is -2.21. The van der Waals surface area contributed by atoms with Gasteiger partial charge in [-0.15, -0.1) is 0 Å². The number of aliphatic hydroxyl groups excluding tert-OH is 2. The molecule has 1 aromatic carbocycles. The topological polar surface area (TPSA) is 84.9 Å². The minimum absolute atomic E-state index is 0.0267. The fourth-order valence-electron chi connectivity index (χ4n) is 1.08. The van der Waals surface area contributed by atoms with E-state index >= 15 is 0 Å². The van der Waals surface area contributed by atoms with Crippen LogP contribution in [0, 0.1) is 0 Å². The van der Waals surface area contributed by atoms with E-state index in [0.29, 0.717) is 17.2 Å².